The number of hydrogen-bond acceptors (Lipinski definition) is 3. The van der Waals surface area contributed by atoms with Gasteiger partial charge in [-0.05, 0) is 6.07 Å². The van der Waals surface area contributed by atoms with E-state index in [0.717, 1.165) is 4.57 Å². The van der Waals surface area contributed by atoms with Crippen LogP contribution in [0.4, 0.5) is 4.79 Å². The minimum Gasteiger partial charge on any atom is -0.351 e. The summed E-state index contributed by atoms with van der Waals surface area (Å²) in [6, 6.07) is 3.56. The van der Waals surface area contributed by atoms with Crippen LogP contribution in [0.5, 0.6) is 0 Å². The van der Waals surface area contributed by atoms with Crippen LogP contribution in [0.3, 0.4) is 0 Å². The van der Waals surface area contributed by atoms with Crippen LogP contribution in [0, 0.1) is 0 Å². The number of rotatable bonds is 2. The number of amides is 3. The van der Waals surface area contributed by atoms with Crippen LogP contribution in [0.15, 0.2) is 29.2 Å². The summed E-state index contributed by atoms with van der Waals surface area (Å²) in [5.74, 6) is -0.620. The molecule has 0 aliphatic heterocycles. The van der Waals surface area contributed by atoms with Crippen LogP contribution in [0.25, 0.3) is 0 Å². The maximum absolute atomic E-state index is 11.1. The first kappa shape index (κ1) is 9.97. The summed E-state index contributed by atoms with van der Waals surface area (Å²) in [6.45, 7) is -0.220. The molecule has 6 nitrogen and oxygen atoms in total. The van der Waals surface area contributed by atoms with Gasteiger partial charge in [-0.15, -0.1) is 0 Å². The minimum absolute atomic E-state index is 0.220. The number of imide groups is 1. The van der Waals surface area contributed by atoms with E-state index in [-0.39, 0.29) is 12.1 Å². The normalized spacial score (nSPS) is 9.43. The molecule has 6 heteroatoms. The molecule has 0 saturated carbocycles. The van der Waals surface area contributed by atoms with Crippen molar-refractivity contribution in [2.45, 2.75) is 6.54 Å². The lowest BCUT2D eigenvalue weighted by molar-refractivity contribution is -0.120. The fourth-order valence-corrected chi connectivity index (χ4v) is 0.923. The zero-order valence-electron chi connectivity index (χ0n) is 7.27. The van der Waals surface area contributed by atoms with E-state index in [0.29, 0.717) is 0 Å². The van der Waals surface area contributed by atoms with E-state index < -0.39 is 11.9 Å². The molecule has 3 amide bonds. The maximum atomic E-state index is 11.1. The highest BCUT2D eigenvalue weighted by Gasteiger charge is 2.04. The van der Waals surface area contributed by atoms with Gasteiger partial charge in [0.1, 0.15) is 6.54 Å². The lowest BCUT2D eigenvalue weighted by atomic mass is 10.4. The van der Waals surface area contributed by atoms with Crippen LogP contribution in [-0.2, 0) is 11.3 Å². The van der Waals surface area contributed by atoms with Crippen molar-refractivity contribution < 1.29 is 9.59 Å². The summed E-state index contributed by atoms with van der Waals surface area (Å²) in [6.07, 6.45) is 1.45. The second kappa shape index (κ2) is 4.22. The van der Waals surface area contributed by atoms with Gasteiger partial charge in [-0.1, -0.05) is 6.07 Å². The fraction of sp³-hybridized carbons (Fsp3) is 0.125. The molecule has 3 N–H and O–H groups in total. The van der Waals surface area contributed by atoms with Crippen molar-refractivity contribution in [1.82, 2.24) is 9.88 Å². The third-order valence-corrected chi connectivity index (χ3v) is 1.48. The number of urea groups is 1. The Bertz CT molecular complexity index is 410. The summed E-state index contributed by atoms with van der Waals surface area (Å²) in [5, 5.41) is 1.86. The van der Waals surface area contributed by atoms with Gasteiger partial charge >= 0.3 is 6.03 Å². The van der Waals surface area contributed by atoms with E-state index in [9.17, 15) is 14.4 Å². The summed E-state index contributed by atoms with van der Waals surface area (Å²) in [4.78, 5) is 32.4. The first-order valence-corrected chi connectivity index (χ1v) is 3.84. The van der Waals surface area contributed by atoms with E-state index in [1.165, 1.54) is 12.3 Å². The molecule has 1 aromatic rings. The van der Waals surface area contributed by atoms with Crippen LogP contribution >= 0.6 is 0 Å². The monoisotopic (exact) mass is 195 g/mol. The second-order valence-corrected chi connectivity index (χ2v) is 2.58. The Kier molecular flexibility index (Phi) is 3.01. The Hall–Kier alpha value is -2.11. The number of aromatic nitrogens is 1. The lowest BCUT2D eigenvalue weighted by Crippen LogP contribution is -2.38. The van der Waals surface area contributed by atoms with Crippen molar-refractivity contribution in [3.8, 4) is 0 Å². The van der Waals surface area contributed by atoms with E-state index in [1.807, 2.05) is 5.32 Å². The smallest absolute Gasteiger partial charge is 0.318 e. The fourth-order valence-electron chi connectivity index (χ4n) is 0.923. The average molecular weight is 195 g/mol. The number of nitrogens with zero attached hydrogens (tertiary/aromatic N) is 1. The third-order valence-electron chi connectivity index (χ3n) is 1.48. The molecule has 0 radical (unpaired) electrons. The van der Waals surface area contributed by atoms with Gasteiger partial charge in [0, 0.05) is 12.3 Å². The van der Waals surface area contributed by atoms with E-state index in [4.69, 9.17) is 5.73 Å². The molecule has 0 bridgehead atoms. The van der Waals surface area contributed by atoms with Crippen LogP contribution in [-0.4, -0.2) is 16.5 Å². The molecule has 0 aliphatic rings. The van der Waals surface area contributed by atoms with Gasteiger partial charge in [0.25, 0.3) is 5.56 Å². The van der Waals surface area contributed by atoms with Gasteiger partial charge in [0.2, 0.25) is 5.91 Å². The average Bonchev–Trinajstić information content (AvgIpc) is 2.07. The maximum Gasteiger partial charge on any atom is 0.318 e. The van der Waals surface area contributed by atoms with Crippen molar-refractivity contribution in [2.75, 3.05) is 0 Å². The van der Waals surface area contributed by atoms with Gasteiger partial charge in [0.05, 0.1) is 0 Å². The number of carbonyl (C=O) groups is 2. The molecule has 74 valence electrons. The standard InChI is InChI=1S/C8H9N3O3/c9-8(14)10-6(12)5-11-4-2-1-3-7(11)13/h1-4H,5H2,(H3,9,10,12,14). The highest BCUT2D eigenvalue weighted by molar-refractivity contribution is 5.93. The molecule has 14 heavy (non-hydrogen) atoms. The zero-order valence-corrected chi connectivity index (χ0v) is 7.27. The van der Waals surface area contributed by atoms with Crippen molar-refractivity contribution in [1.29, 1.82) is 0 Å². The highest BCUT2D eigenvalue weighted by Crippen LogP contribution is 1.81. The molecule has 0 aromatic carbocycles. The molecular formula is C8H9N3O3. The molecule has 0 unspecified atom stereocenters. The molecule has 1 rings (SSSR count). The molecule has 0 saturated heterocycles. The molecule has 1 heterocycles. The molecule has 0 fully saturated rings. The van der Waals surface area contributed by atoms with E-state index in [1.54, 1.807) is 12.1 Å². The first-order chi connectivity index (χ1) is 6.59. The Balaban J connectivity index is 2.70. The summed E-state index contributed by atoms with van der Waals surface area (Å²) < 4.78 is 1.16. The number of hydrogen-bond donors (Lipinski definition) is 2. The van der Waals surface area contributed by atoms with Gasteiger partial charge in [0.15, 0.2) is 0 Å². The number of nitrogens with one attached hydrogen (secondary N) is 1. The molecular weight excluding hydrogens is 186 g/mol. The Morgan fingerprint density at radius 2 is 2.14 bits per heavy atom. The summed E-state index contributed by atoms with van der Waals surface area (Å²) >= 11 is 0. The molecule has 0 atom stereocenters. The van der Waals surface area contributed by atoms with Crippen molar-refractivity contribution >= 4 is 11.9 Å². The molecule has 1 aromatic heterocycles. The van der Waals surface area contributed by atoms with Gasteiger partial charge < -0.3 is 10.3 Å². The third kappa shape index (κ3) is 2.74. The van der Waals surface area contributed by atoms with Crippen molar-refractivity contribution in [3.63, 3.8) is 0 Å². The Morgan fingerprint density at radius 1 is 1.43 bits per heavy atom. The van der Waals surface area contributed by atoms with Crippen molar-refractivity contribution in [2.24, 2.45) is 5.73 Å². The number of pyridine rings is 1. The zero-order chi connectivity index (χ0) is 10.6. The van der Waals surface area contributed by atoms with Crippen LogP contribution < -0.4 is 16.6 Å². The predicted octanol–water partition coefficient (Wildman–Crippen LogP) is -0.957. The van der Waals surface area contributed by atoms with E-state index in [2.05, 4.69) is 0 Å². The quantitative estimate of drug-likeness (QED) is 0.636. The van der Waals surface area contributed by atoms with Crippen LogP contribution in [0.1, 0.15) is 0 Å². The molecule has 0 spiro atoms. The number of primary amides is 1. The van der Waals surface area contributed by atoms with Gasteiger partial charge in [-0.3, -0.25) is 14.9 Å². The predicted molar refractivity (Wildman–Crippen MR) is 48.4 cm³/mol. The van der Waals surface area contributed by atoms with Crippen LogP contribution in [0.2, 0.25) is 0 Å². The van der Waals surface area contributed by atoms with Crippen molar-refractivity contribution in [3.05, 3.63) is 34.7 Å². The van der Waals surface area contributed by atoms with Gasteiger partial charge in [-0.25, -0.2) is 4.79 Å². The Morgan fingerprint density at radius 3 is 2.71 bits per heavy atom. The topological polar surface area (TPSA) is 94.2 Å². The minimum atomic E-state index is -0.931. The number of carbonyl (C=O) groups excluding carboxylic acids is 2. The second-order valence-electron chi connectivity index (χ2n) is 2.58. The lowest BCUT2D eigenvalue weighted by Gasteiger charge is -2.03. The van der Waals surface area contributed by atoms with E-state index >= 15 is 0 Å². The number of nitrogens with two attached hydrogens (primary N) is 1. The summed E-state index contributed by atoms with van der Waals surface area (Å²) in [5.41, 5.74) is 4.41. The molecule has 0 aliphatic carbocycles. The largest absolute Gasteiger partial charge is 0.351 e. The first-order valence-electron chi connectivity index (χ1n) is 3.84. The summed E-state index contributed by atoms with van der Waals surface area (Å²) in [7, 11) is 0. The highest BCUT2D eigenvalue weighted by atomic mass is 16.2. The SMILES string of the molecule is NC(=O)NC(=O)Cn1ccccc1=O. The van der Waals surface area contributed by atoms with Gasteiger partial charge in [-0.2, -0.15) is 0 Å². The Labute approximate surface area is 79.3 Å².